The van der Waals surface area contributed by atoms with Crippen LogP contribution >= 0.6 is 0 Å². The van der Waals surface area contributed by atoms with Gasteiger partial charge in [0.15, 0.2) is 0 Å². The van der Waals surface area contributed by atoms with E-state index in [4.69, 9.17) is 4.42 Å². The normalized spacial score (nSPS) is 14.6. The molecule has 0 saturated heterocycles. The summed E-state index contributed by atoms with van der Waals surface area (Å²) in [6.07, 6.45) is 0. The van der Waals surface area contributed by atoms with E-state index in [0.29, 0.717) is 0 Å². The van der Waals surface area contributed by atoms with Crippen LogP contribution in [0.15, 0.2) is 120 Å². The van der Waals surface area contributed by atoms with Crippen LogP contribution in [0.3, 0.4) is 0 Å². The van der Waals surface area contributed by atoms with E-state index < -0.39 is 0 Å². The molecule has 59 heavy (non-hydrogen) atoms. The summed E-state index contributed by atoms with van der Waals surface area (Å²) in [6, 6.07) is 43.9. The minimum Gasteiger partial charge on any atom is -0.462 e. The lowest BCUT2D eigenvalue weighted by atomic mass is 9.34. The molecule has 9 rings (SSSR count). The number of nitrogens with one attached hydrogen (secondary N) is 1. The van der Waals surface area contributed by atoms with Gasteiger partial charge in [0, 0.05) is 39.2 Å². The smallest absolute Gasteiger partial charge is 0.254 e. The molecule has 6 aromatic carbocycles. The van der Waals surface area contributed by atoms with Gasteiger partial charge < -0.3 is 14.6 Å². The minimum atomic E-state index is -0.118. The number of rotatable bonds is 4. The monoisotopic (exact) mass is 774 g/mol. The van der Waals surface area contributed by atoms with Crippen LogP contribution in [-0.2, 0) is 21.7 Å². The molecule has 2 heterocycles. The Hall–Kier alpha value is -5.48. The third-order valence-corrected chi connectivity index (χ3v) is 13.2. The maximum absolute atomic E-state index is 6.95. The highest BCUT2D eigenvalue weighted by Crippen LogP contribution is 2.50. The van der Waals surface area contributed by atoms with Crippen molar-refractivity contribution in [1.29, 1.82) is 0 Å². The van der Waals surface area contributed by atoms with Gasteiger partial charge in [-0.1, -0.05) is 137 Å². The fourth-order valence-corrected chi connectivity index (χ4v) is 9.80. The first-order valence-corrected chi connectivity index (χ1v) is 21.5. The predicted octanol–water partition coefficient (Wildman–Crippen LogP) is 13.3. The lowest BCUT2D eigenvalue weighted by Crippen LogP contribution is -2.58. The van der Waals surface area contributed by atoms with E-state index in [-0.39, 0.29) is 28.4 Å². The molecular weight excluding hydrogens is 715 g/mol. The molecule has 0 amide bonds. The van der Waals surface area contributed by atoms with Gasteiger partial charge in [0.1, 0.15) is 5.58 Å². The van der Waals surface area contributed by atoms with E-state index in [9.17, 15) is 0 Å². The Labute approximate surface area is 353 Å². The van der Waals surface area contributed by atoms with Gasteiger partial charge in [0.2, 0.25) is 0 Å². The first kappa shape index (κ1) is 39.0. The first-order chi connectivity index (χ1) is 27.7. The Morgan fingerprint density at radius 1 is 0.576 bits per heavy atom. The summed E-state index contributed by atoms with van der Waals surface area (Å²) in [4.78, 5) is 2.51. The summed E-state index contributed by atoms with van der Waals surface area (Å²) in [7, 11) is 0. The third kappa shape index (κ3) is 6.42. The van der Waals surface area contributed by atoms with Crippen LogP contribution in [0.5, 0.6) is 0 Å². The maximum atomic E-state index is 6.95. The minimum absolute atomic E-state index is 0.0498. The van der Waals surface area contributed by atoms with Crippen LogP contribution in [0.1, 0.15) is 115 Å². The summed E-state index contributed by atoms with van der Waals surface area (Å²) in [6.45, 7) is 29.6. The Balaban J connectivity index is 1.35. The van der Waals surface area contributed by atoms with Crippen LogP contribution in [0, 0.1) is 13.8 Å². The Morgan fingerprint density at radius 2 is 1.19 bits per heavy atom. The molecule has 1 aromatic heterocycles. The summed E-state index contributed by atoms with van der Waals surface area (Å²) >= 11 is 0. The van der Waals surface area contributed by atoms with Crippen molar-refractivity contribution in [3.63, 3.8) is 0 Å². The largest absolute Gasteiger partial charge is 0.462 e. The van der Waals surface area contributed by atoms with Crippen LogP contribution < -0.4 is 26.6 Å². The second-order valence-electron chi connectivity index (χ2n) is 20.9. The molecule has 0 spiro atoms. The van der Waals surface area contributed by atoms with Crippen LogP contribution in [-0.4, -0.2) is 6.71 Å². The molecule has 0 bridgehead atoms. The number of fused-ring (bicyclic) bond motifs is 6. The van der Waals surface area contributed by atoms with Crippen LogP contribution in [0.25, 0.3) is 22.1 Å². The lowest BCUT2D eigenvalue weighted by molar-refractivity contribution is 0.579. The molecule has 0 atom stereocenters. The van der Waals surface area contributed by atoms with Gasteiger partial charge in [-0.15, -0.1) is 0 Å². The quantitative estimate of drug-likeness (QED) is 0.181. The molecule has 1 aliphatic carbocycles. The van der Waals surface area contributed by atoms with Crippen LogP contribution in [0.2, 0.25) is 0 Å². The lowest BCUT2D eigenvalue weighted by Gasteiger charge is -2.39. The van der Waals surface area contributed by atoms with Gasteiger partial charge >= 0.3 is 0 Å². The van der Waals surface area contributed by atoms with E-state index in [2.05, 4.69) is 215 Å². The SMILES string of the molecule is Cc1cc(Nc2ccc(C(C)(C)C)cc2)c2c(c1)N(c1ccc(C(C)(C)C)cc1)c1ccc(C(C)(C)C)cc1B2c1c(C)oc2cc3c(cc12)-c1ccccc1C3(C)C. The average molecular weight is 775 g/mol. The molecule has 0 fully saturated rings. The van der Waals surface area contributed by atoms with Gasteiger partial charge in [0.25, 0.3) is 6.71 Å². The van der Waals surface area contributed by atoms with Gasteiger partial charge in [0.05, 0.1) is 5.76 Å². The van der Waals surface area contributed by atoms with Crippen molar-refractivity contribution in [2.45, 2.75) is 112 Å². The van der Waals surface area contributed by atoms with Crippen molar-refractivity contribution in [2.75, 3.05) is 10.2 Å². The molecule has 2 aliphatic rings. The Morgan fingerprint density at radius 3 is 1.83 bits per heavy atom. The van der Waals surface area contributed by atoms with Gasteiger partial charge in [-0.05, 0) is 146 Å². The number of hydrogen-bond acceptors (Lipinski definition) is 3. The van der Waals surface area contributed by atoms with E-state index >= 15 is 0 Å². The van der Waals surface area contributed by atoms with Crippen LogP contribution in [0.4, 0.5) is 28.4 Å². The van der Waals surface area contributed by atoms with Gasteiger partial charge in [-0.2, -0.15) is 0 Å². The molecule has 298 valence electrons. The second kappa shape index (κ2) is 13.3. The Bertz CT molecular complexity index is 2780. The highest BCUT2D eigenvalue weighted by Gasteiger charge is 2.42. The maximum Gasteiger partial charge on any atom is 0.254 e. The summed E-state index contributed by atoms with van der Waals surface area (Å²) in [5.74, 6) is 0.960. The van der Waals surface area contributed by atoms with E-state index in [1.807, 2.05) is 0 Å². The molecule has 7 aromatic rings. The Kier molecular flexibility index (Phi) is 8.77. The standard InChI is InChI=1S/C55H59BN2O/c1-33-28-46(57-38-23-18-35(19-24-38)52(3,4)5)51-48(29-33)58(39-25-20-36(21-26-39)53(6,7)8)47-27-22-37(54(9,10)11)30-45(47)56(51)50-34(2)59-49-32-44-41(31-42(49)50)40-16-14-15-17-43(40)55(44,12)13/h14-32,57H,1-13H3. The number of aryl methyl sites for hydroxylation is 2. The fourth-order valence-electron chi connectivity index (χ4n) is 9.80. The summed E-state index contributed by atoms with van der Waals surface area (Å²) in [5, 5.41) is 5.18. The summed E-state index contributed by atoms with van der Waals surface area (Å²) in [5.41, 5.74) is 20.9. The zero-order chi connectivity index (χ0) is 42.0. The highest BCUT2D eigenvalue weighted by atomic mass is 16.3. The molecule has 0 radical (unpaired) electrons. The van der Waals surface area contributed by atoms with Gasteiger partial charge in [-0.25, -0.2) is 0 Å². The van der Waals surface area contributed by atoms with Crippen molar-refractivity contribution < 1.29 is 4.42 Å². The van der Waals surface area contributed by atoms with Crippen molar-refractivity contribution in [1.82, 2.24) is 0 Å². The second-order valence-corrected chi connectivity index (χ2v) is 20.9. The van der Waals surface area contributed by atoms with E-state index in [1.165, 1.54) is 77.7 Å². The molecule has 3 nitrogen and oxygen atoms in total. The molecule has 0 unspecified atom stereocenters. The zero-order valence-corrected chi connectivity index (χ0v) is 37.4. The van der Waals surface area contributed by atoms with E-state index in [0.717, 1.165) is 28.4 Å². The average Bonchev–Trinajstić information content (AvgIpc) is 3.60. The fraction of sp³-hybridized carbons (Fsp3) is 0.309. The summed E-state index contributed by atoms with van der Waals surface area (Å²) < 4.78 is 6.95. The first-order valence-electron chi connectivity index (χ1n) is 21.5. The molecule has 4 heteroatoms. The topological polar surface area (TPSA) is 28.4 Å². The number of nitrogens with zero attached hydrogens (tertiary/aromatic N) is 1. The number of furan rings is 1. The highest BCUT2D eigenvalue weighted by molar-refractivity contribution is 7.00. The van der Waals surface area contributed by atoms with Gasteiger partial charge in [-0.3, -0.25) is 0 Å². The third-order valence-electron chi connectivity index (χ3n) is 13.2. The number of anilines is 5. The van der Waals surface area contributed by atoms with Crippen molar-refractivity contribution in [3.8, 4) is 11.1 Å². The number of hydrogen-bond donors (Lipinski definition) is 1. The van der Waals surface area contributed by atoms with Crippen molar-refractivity contribution in [2.24, 2.45) is 0 Å². The number of benzene rings is 6. The molecular formula is C55H59BN2O. The predicted molar refractivity (Wildman–Crippen MR) is 255 cm³/mol. The van der Waals surface area contributed by atoms with Crippen molar-refractivity contribution >= 4 is 62.5 Å². The van der Waals surface area contributed by atoms with Crippen molar-refractivity contribution in [3.05, 3.63) is 154 Å². The molecule has 0 saturated carbocycles. The molecule has 1 aliphatic heterocycles. The zero-order valence-electron chi connectivity index (χ0n) is 37.4. The van der Waals surface area contributed by atoms with E-state index in [1.54, 1.807) is 0 Å². The molecule has 1 N–H and O–H groups in total.